The number of rotatable bonds is 6. The predicted molar refractivity (Wildman–Crippen MR) is 75.4 cm³/mol. The lowest BCUT2D eigenvalue weighted by molar-refractivity contribution is 0.190. The van der Waals surface area contributed by atoms with Gasteiger partial charge in [-0.3, -0.25) is 0 Å². The van der Waals surface area contributed by atoms with E-state index in [0.717, 1.165) is 28.3 Å². The van der Waals surface area contributed by atoms with Gasteiger partial charge in [-0.15, -0.1) is 0 Å². The van der Waals surface area contributed by atoms with E-state index in [1.54, 1.807) is 19.1 Å². The third-order valence-corrected chi connectivity index (χ3v) is 3.55. The van der Waals surface area contributed by atoms with Crippen LogP contribution >= 0.6 is 0 Å². The maximum Gasteiger partial charge on any atom is 0.145 e. The van der Waals surface area contributed by atoms with E-state index >= 15 is 0 Å². The summed E-state index contributed by atoms with van der Waals surface area (Å²) in [6.07, 6.45) is 0. The third kappa shape index (κ3) is 2.93. The van der Waals surface area contributed by atoms with Crippen molar-refractivity contribution in [2.75, 3.05) is 39.4 Å². The van der Waals surface area contributed by atoms with Gasteiger partial charge >= 0.3 is 0 Å². The number of aliphatic hydroxyl groups is 2. The van der Waals surface area contributed by atoms with Gasteiger partial charge in [0, 0.05) is 13.1 Å². The fraction of sp³-hybridized carbons (Fsp3) is 0.571. The number of aliphatic hydroxyl groups excluding tert-OH is 2. The van der Waals surface area contributed by atoms with Crippen molar-refractivity contribution in [1.29, 1.82) is 0 Å². The van der Waals surface area contributed by atoms with Crippen LogP contribution in [0.15, 0.2) is 6.07 Å². The van der Waals surface area contributed by atoms with Crippen molar-refractivity contribution in [1.82, 2.24) is 0 Å². The topological polar surface area (TPSA) is 62.2 Å². The number of benzene rings is 1. The van der Waals surface area contributed by atoms with Crippen LogP contribution in [-0.4, -0.2) is 50.7 Å². The minimum absolute atomic E-state index is 0.134. The Bertz CT molecular complexity index is 430. The van der Waals surface area contributed by atoms with Gasteiger partial charge in [-0.05, 0) is 25.0 Å². The van der Waals surface area contributed by atoms with Crippen molar-refractivity contribution in [3.63, 3.8) is 0 Å². The maximum absolute atomic E-state index is 9.30. The minimum Gasteiger partial charge on any atom is -0.496 e. The Hall–Kier alpha value is -1.46. The Labute approximate surface area is 114 Å². The van der Waals surface area contributed by atoms with E-state index in [1.807, 2.05) is 27.0 Å². The van der Waals surface area contributed by atoms with Gasteiger partial charge in [0.1, 0.15) is 11.5 Å². The molecule has 108 valence electrons. The maximum atomic E-state index is 9.30. The van der Waals surface area contributed by atoms with Gasteiger partial charge in [-0.2, -0.15) is 0 Å². The van der Waals surface area contributed by atoms with Gasteiger partial charge in [0.15, 0.2) is 0 Å². The molecular formula is C14H23NO4. The molecule has 19 heavy (non-hydrogen) atoms. The van der Waals surface area contributed by atoms with Crippen molar-refractivity contribution in [3.05, 3.63) is 17.2 Å². The van der Waals surface area contributed by atoms with Crippen LogP contribution in [0.1, 0.15) is 11.1 Å². The van der Waals surface area contributed by atoms with Gasteiger partial charge in [0.05, 0.1) is 39.2 Å². The van der Waals surface area contributed by atoms with Gasteiger partial charge in [0.25, 0.3) is 0 Å². The minimum atomic E-state index is -0.374. The van der Waals surface area contributed by atoms with Crippen LogP contribution in [-0.2, 0) is 0 Å². The fourth-order valence-corrected chi connectivity index (χ4v) is 2.08. The number of hydrogen-bond acceptors (Lipinski definition) is 5. The normalized spacial score (nSPS) is 10.7. The van der Waals surface area contributed by atoms with Crippen LogP contribution in [0.5, 0.6) is 11.5 Å². The Morgan fingerprint density at radius 2 is 1.68 bits per heavy atom. The Kier molecular flexibility index (Phi) is 5.44. The Morgan fingerprint density at radius 3 is 2.11 bits per heavy atom. The highest BCUT2D eigenvalue weighted by Crippen LogP contribution is 2.39. The fourth-order valence-electron chi connectivity index (χ4n) is 2.08. The van der Waals surface area contributed by atoms with Crippen LogP contribution < -0.4 is 14.4 Å². The quantitative estimate of drug-likeness (QED) is 0.810. The number of ether oxygens (including phenoxy) is 2. The molecule has 0 amide bonds. The van der Waals surface area contributed by atoms with Crippen molar-refractivity contribution in [2.24, 2.45) is 0 Å². The van der Waals surface area contributed by atoms with Crippen molar-refractivity contribution >= 4 is 5.69 Å². The lowest BCUT2D eigenvalue weighted by Gasteiger charge is -2.30. The lowest BCUT2D eigenvalue weighted by atomic mass is 10.0. The van der Waals surface area contributed by atoms with E-state index in [4.69, 9.17) is 9.47 Å². The zero-order chi connectivity index (χ0) is 14.6. The van der Waals surface area contributed by atoms with E-state index in [2.05, 4.69) is 0 Å². The molecule has 0 fully saturated rings. The largest absolute Gasteiger partial charge is 0.496 e. The molecule has 0 aliphatic heterocycles. The average Bonchev–Trinajstić information content (AvgIpc) is 2.42. The SMILES string of the molecule is COc1cc(N(C)C(CO)CO)c(OC)c(C)c1C. The molecule has 0 aromatic heterocycles. The average molecular weight is 269 g/mol. The summed E-state index contributed by atoms with van der Waals surface area (Å²) < 4.78 is 10.8. The number of hydrogen-bond donors (Lipinski definition) is 2. The molecule has 2 N–H and O–H groups in total. The van der Waals surface area contributed by atoms with E-state index in [1.165, 1.54) is 0 Å². The monoisotopic (exact) mass is 269 g/mol. The van der Waals surface area contributed by atoms with E-state index in [-0.39, 0.29) is 19.3 Å². The first-order valence-corrected chi connectivity index (χ1v) is 6.18. The second-order valence-electron chi connectivity index (χ2n) is 4.51. The van der Waals surface area contributed by atoms with E-state index < -0.39 is 0 Å². The van der Waals surface area contributed by atoms with E-state index in [0.29, 0.717) is 0 Å². The summed E-state index contributed by atoms with van der Waals surface area (Å²) in [4.78, 5) is 1.80. The van der Waals surface area contributed by atoms with Crippen molar-refractivity contribution < 1.29 is 19.7 Å². The summed E-state index contributed by atoms with van der Waals surface area (Å²) in [6.45, 7) is 3.66. The van der Waals surface area contributed by atoms with Crippen LogP contribution in [0.3, 0.4) is 0 Å². The lowest BCUT2D eigenvalue weighted by Crippen LogP contribution is -2.38. The number of likely N-dealkylation sites (N-methyl/N-ethyl adjacent to an activating group) is 1. The van der Waals surface area contributed by atoms with Gasteiger partial charge in [-0.25, -0.2) is 0 Å². The first-order valence-electron chi connectivity index (χ1n) is 6.18. The zero-order valence-electron chi connectivity index (χ0n) is 12.2. The number of nitrogens with zero attached hydrogens (tertiary/aromatic N) is 1. The molecule has 5 heteroatoms. The molecule has 1 aromatic carbocycles. The third-order valence-electron chi connectivity index (χ3n) is 3.55. The highest BCUT2D eigenvalue weighted by molar-refractivity contribution is 5.67. The molecule has 0 unspecified atom stereocenters. The second-order valence-corrected chi connectivity index (χ2v) is 4.51. The summed E-state index contributed by atoms with van der Waals surface area (Å²) in [6, 6.07) is 1.49. The molecule has 1 aromatic rings. The Balaban J connectivity index is 3.36. The summed E-state index contributed by atoms with van der Waals surface area (Å²) in [7, 11) is 5.04. The second kappa shape index (κ2) is 6.63. The smallest absolute Gasteiger partial charge is 0.145 e. The molecule has 0 atom stereocenters. The molecule has 0 aliphatic rings. The summed E-state index contributed by atoms with van der Waals surface area (Å²) >= 11 is 0. The molecule has 0 spiro atoms. The van der Waals surface area contributed by atoms with Crippen LogP contribution in [0, 0.1) is 13.8 Å². The summed E-state index contributed by atoms with van der Waals surface area (Å²) in [5, 5.41) is 18.6. The standard InChI is InChI=1S/C14H23NO4/c1-9-10(2)14(19-5)12(6-13(9)18-4)15(3)11(7-16)8-17/h6,11,16-17H,7-8H2,1-5H3. The zero-order valence-corrected chi connectivity index (χ0v) is 12.2. The first-order chi connectivity index (χ1) is 9.01. The van der Waals surface area contributed by atoms with Crippen molar-refractivity contribution in [3.8, 4) is 11.5 Å². The molecule has 0 heterocycles. The van der Waals surface area contributed by atoms with E-state index in [9.17, 15) is 10.2 Å². The number of methoxy groups -OCH3 is 2. The molecule has 0 bridgehead atoms. The summed E-state index contributed by atoms with van der Waals surface area (Å²) in [5.41, 5.74) is 2.79. The van der Waals surface area contributed by atoms with Crippen LogP contribution in [0.2, 0.25) is 0 Å². The molecular weight excluding hydrogens is 246 g/mol. The van der Waals surface area contributed by atoms with Gasteiger partial charge in [0.2, 0.25) is 0 Å². The molecule has 0 aliphatic carbocycles. The Morgan fingerprint density at radius 1 is 1.11 bits per heavy atom. The van der Waals surface area contributed by atoms with Gasteiger partial charge in [-0.1, -0.05) is 0 Å². The first kappa shape index (κ1) is 15.6. The summed E-state index contributed by atoms with van der Waals surface area (Å²) in [5.74, 6) is 1.49. The van der Waals surface area contributed by atoms with Crippen LogP contribution in [0.25, 0.3) is 0 Å². The molecule has 0 saturated heterocycles. The molecule has 5 nitrogen and oxygen atoms in total. The predicted octanol–water partition coefficient (Wildman–Crippen LogP) is 1.11. The molecule has 0 saturated carbocycles. The molecule has 1 rings (SSSR count). The number of anilines is 1. The van der Waals surface area contributed by atoms with Gasteiger partial charge < -0.3 is 24.6 Å². The highest BCUT2D eigenvalue weighted by atomic mass is 16.5. The highest BCUT2D eigenvalue weighted by Gasteiger charge is 2.21. The molecule has 0 radical (unpaired) electrons. The van der Waals surface area contributed by atoms with Crippen molar-refractivity contribution in [2.45, 2.75) is 19.9 Å². The van der Waals surface area contributed by atoms with Crippen LogP contribution in [0.4, 0.5) is 5.69 Å².